The number of benzene rings is 2. The van der Waals surface area contributed by atoms with Crippen LogP contribution in [0.4, 0.5) is 4.39 Å². The van der Waals surface area contributed by atoms with Crippen LogP contribution in [0.3, 0.4) is 0 Å². The molecule has 1 aliphatic rings. The molecule has 0 unspecified atom stereocenters. The maximum absolute atomic E-state index is 13.1. The van der Waals surface area contributed by atoms with Crippen molar-refractivity contribution in [2.24, 2.45) is 0 Å². The highest BCUT2D eigenvalue weighted by Gasteiger charge is 2.32. The summed E-state index contributed by atoms with van der Waals surface area (Å²) in [4.78, 5) is 16.8. The molecule has 0 N–H and O–H groups in total. The zero-order valence-electron chi connectivity index (χ0n) is 16.0. The summed E-state index contributed by atoms with van der Waals surface area (Å²) in [5, 5.41) is 0.633. The van der Waals surface area contributed by atoms with Crippen molar-refractivity contribution < 1.29 is 13.9 Å². The van der Waals surface area contributed by atoms with Gasteiger partial charge < -0.3 is 9.64 Å². The van der Waals surface area contributed by atoms with Gasteiger partial charge >= 0.3 is 0 Å². The Bertz CT molecular complexity index is 771. The fraction of sp³-hybridized carbons (Fsp3) is 0.381. The molecular formula is C21H25Cl2FN2O2. The van der Waals surface area contributed by atoms with Crippen LogP contribution < -0.4 is 4.74 Å². The number of nitrogens with zero attached hydrogens (tertiary/aromatic N) is 2. The quantitative estimate of drug-likeness (QED) is 0.709. The third-order valence-electron chi connectivity index (χ3n) is 4.91. The van der Waals surface area contributed by atoms with Crippen LogP contribution in [0.25, 0.3) is 0 Å². The summed E-state index contributed by atoms with van der Waals surface area (Å²) in [5.74, 6) is 0.380. The number of carbonyl (C=O) groups is 1. The lowest BCUT2D eigenvalue weighted by Gasteiger charge is -2.44. The Labute approximate surface area is 176 Å². The van der Waals surface area contributed by atoms with Crippen molar-refractivity contribution in [1.82, 2.24) is 9.80 Å². The van der Waals surface area contributed by atoms with E-state index >= 15 is 0 Å². The summed E-state index contributed by atoms with van der Waals surface area (Å²) in [6.45, 7) is 6.32. The topological polar surface area (TPSA) is 32.8 Å². The van der Waals surface area contributed by atoms with Gasteiger partial charge in [0, 0.05) is 36.7 Å². The Balaban J connectivity index is 0.00000280. The number of carbonyl (C=O) groups excluding carboxylic acids is 1. The van der Waals surface area contributed by atoms with Crippen molar-refractivity contribution in [2.75, 3.05) is 19.7 Å². The Morgan fingerprint density at radius 2 is 1.71 bits per heavy atom. The number of rotatable bonds is 5. The first-order chi connectivity index (χ1) is 12.9. The molecule has 0 saturated carbocycles. The van der Waals surface area contributed by atoms with E-state index in [1.807, 2.05) is 24.0 Å². The van der Waals surface area contributed by atoms with Crippen LogP contribution in [0.5, 0.6) is 5.75 Å². The molecule has 28 heavy (non-hydrogen) atoms. The lowest BCUT2D eigenvalue weighted by Crippen LogP contribution is -2.58. The third kappa shape index (κ3) is 5.84. The van der Waals surface area contributed by atoms with Gasteiger partial charge in [-0.05, 0) is 55.8 Å². The van der Waals surface area contributed by atoms with Gasteiger partial charge in [-0.1, -0.05) is 23.7 Å². The van der Waals surface area contributed by atoms with Gasteiger partial charge in [0.25, 0.3) is 5.91 Å². The van der Waals surface area contributed by atoms with E-state index in [1.54, 1.807) is 24.3 Å². The highest BCUT2D eigenvalue weighted by atomic mass is 35.5. The molecule has 0 radical (unpaired) electrons. The predicted molar refractivity (Wildman–Crippen MR) is 112 cm³/mol. The fourth-order valence-corrected chi connectivity index (χ4v) is 3.48. The van der Waals surface area contributed by atoms with E-state index < -0.39 is 0 Å². The van der Waals surface area contributed by atoms with E-state index in [0.717, 1.165) is 18.7 Å². The van der Waals surface area contributed by atoms with E-state index in [0.29, 0.717) is 17.3 Å². The molecule has 1 fully saturated rings. The molecule has 1 heterocycles. The van der Waals surface area contributed by atoms with E-state index in [4.69, 9.17) is 16.3 Å². The second kappa shape index (κ2) is 10.1. The van der Waals surface area contributed by atoms with Gasteiger partial charge in [-0.3, -0.25) is 9.69 Å². The van der Waals surface area contributed by atoms with Gasteiger partial charge in [0.2, 0.25) is 0 Å². The summed E-state index contributed by atoms with van der Waals surface area (Å²) in [7, 11) is 0. The first-order valence-corrected chi connectivity index (χ1v) is 9.46. The molecule has 2 aromatic rings. The van der Waals surface area contributed by atoms with Crippen LogP contribution in [0.15, 0.2) is 48.5 Å². The van der Waals surface area contributed by atoms with Crippen molar-refractivity contribution in [3.05, 3.63) is 64.9 Å². The van der Waals surface area contributed by atoms with E-state index in [9.17, 15) is 9.18 Å². The molecule has 0 aliphatic carbocycles. The lowest BCUT2D eigenvalue weighted by molar-refractivity contribution is -0.139. The summed E-state index contributed by atoms with van der Waals surface area (Å²) in [6.07, 6.45) is 0. The number of halogens is 3. The van der Waals surface area contributed by atoms with Crippen molar-refractivity contribution >= 4 is 29.9 Å². The predicted octanol–water partition coefficient (Wildman–Crippen LogP) is 4.40. The Morgan fingerprint density at radius 3 is 2.36 bits per heavy atom. The number of hydrogen-bond donors (Lipinski definition) is 0. The minimum absolute atomic E-state index is 0. The number of amides is 1. The van der Waals surface area contributed by atoms with Crippen molar-refractivity contribution in [3.63, 3.8) is 0 Å². The van der Waals surface area contributed by atoms with Crippen LogP contribution in [0, 0.1) is 5.82 Å². The Hall–Kier alpha value is -1.82. The molecule has 152 valence electrons. The minimum Gasteiger partial charge on any atom is -0.484 e. The second-order valence-electron chi connectivity index (χ2n) is 7.04. The molecule has 2 aromatic carbocycles. The second-order valence-corrected chi connectivity index (χ2v) is 7.48. The average Bonchev–Trinajstić information content (AvgIpc) is 2.65. The molecule has 0 bridgehead atoms. The highest BCUT2D eigenvalue weighted by molar-refractivity contribution is 6.30. The van der Waals surface area contributed by atoms with E-state index in [-0.39, 0.29) is 42.8 Å². The normalized spacial score (nSPS) is 19.8. The van der Waals surface area contributed by atoms with Crippen LogP contribution in [-0.2, 0) is 11.3 Å². The zero-order valence-corrected chi connectivity index (χ0v) is 17.5. The van der Waals surface area contributed by atoms with Gasteiger partial charge in [-0.15, -0.1) is 12.4 Å². The minimum atomic E-state index is -0.226. The SMILES string of the molecule is C[C@@H]1CN(C(=O)COc2ccc(Cl)cc2)[C@H](C)CN1Cc1ccc(F)cc1.Cl. The maximum atomic E-state index is 13.1. The van der Waals surface area contributed by atoms with Crippen LogP contribution >= 0.6 is 24.0 Å². The standard InChI is InChI=1S/C21H24ClFN2O2.ClH/c1-15-12-25(21(26)14-27-20-9-5-18(22)6-10-20)16(2)11-24(15)13-17-3-7-19(23)8-4-17;/h3-10,15-16H,11-14H2,1-2H3;1H/t15-,16-;/m1./s1. The van der Waals surface area contributed by atoms with Gasteiger partial charge in [-0.25, -0.2) is 4.39 Å². The van der Waals surface area contributed by atoms with Crippen LogP contribution in [0.1, 0.15) is 19.4 Å². The monoisotopic (exact) mass is 426 g/mol. The molecular weight excluding hydrogens is 402 g/mol. The van der Waals surface area contributed by atoms with Gasteiger partial charge in [-0.2, -0.15) is 0 Å². The van der Waals surface area contributed by atoms with Gasteiger partial charge in [0.1, 0.15) is 11.6 Å². The van der Waals surface area contributed by atoms with Crippen molar-refractivity contribution in [1.29, 1.82) is 0 Å². The van der Waals surface area contributed by atoms with Crippen LogP contribution in [0.2, 0.25) is 5.02 Å². The third-order valence-corrected chi connectivity index (χ3v) is 5.16. The average molecular weight is 427 g/mol. The molecule has 4 nitrogen and oxygen atoms in total. The summed E-state index contributed by atoms with van der Waals surface area (Å²) < 4.78 is 18.7. The van der Waals surface area contributed by atoms with Crippen molar-refractivity contribution in [2.45, 2.75) is 32.5 Å². The fourth-order valence-electron chi connectivity index (χ4n) is 3.35. The Kier molecular flexibility index (Phi) is 8.10. The number of ether oxygens (including phenoxy) is 1. The largest absolute Gasteiger partial charge is 0.484 e. The number of piperazine rings is 1. The van der Waals surface area contributed by atoms with Crippen LogP contribution in [-0.4, -0.2) is 47.5 Å². The van der Waals surface area contributed by atoms with Crippen molar-refractivity contribution in [3.8, 4) is 5.75 Å². The lowest BCUT2D eigenvalue weighted by atomic mass is 10.1. The zero-order chi connectivity index (χ0) is 19.4. The molecule has 2 atom stereocenters. The molecule has 3 rings (SSSR count). The molecule has 0 aromatic heterocycles. The molecule has 1 aliphatic heterocycles. The van der Waals surface area contributed by atoms with Gasteiger partial charge in [0.05, 0.1) is 0 Å². The number of hydrogen-bond acceptors (Lipinski definition) is 3. The molecule has 7 heteroatoms. The highest BCUT2D eigenvalue weighted by Crippen LogP contribution is 2.20. The molecule has 1 amide bonds. The first-order valence-electron chi connectivity index (χ1n) is 9.08. The van der Waals surface area contributed by atoms with Gasteiger partial charge in [0.15, 0.2) is 6.61 Å². The summed E-state index contributed by atoms with van der Waals surface area (Å²) in [5.41, 5.74) is 1.07. The maximum Gasteiger partial charge on any atom is 0.260 e. The molecule has 0 spiro atoms. The molecule has 1 saturated heterocycles. The summed E-state index contributed by atoms with van der Waals surface area (Å²) in [6, 6.07) is 13.9. The first kappa shape index (κ1) is 22.5. The smallest absolute Gasteiger partial charge is 0.260 e. The van der Waals surface area contributed by atoms with E-state index in [2.05, 4.69) is 11.8 Å². The summed E-state index contributed by atoms with van der Waals surface area (Å²) >= 11 is 5.86. The Morgan fingerprint density at radius 1 is 1.07 bits per heavy atom. The van der Waals surface area contributed by atoms with E-state index in [1.165, 1.54) is 12.1 Å².